The maximum absolute atomic E-state index is 4.33. The number of thiazole rings is 1. The molecule has 1 aromatic heterocycles. The zero-order chi connectivity index (χ0) is 14.3. The van der Waals surface area contributed by atoms with E-state index < -0.39 is 0 Å². The van der Waals surface area contributed by atoms with E-state index in [0.717, 1.165) is 19.4 Å². The van der Waals surface area contributed by atoms with Crippen LogP contribution < -0.4 is 5.32 Å². The lowest BCUT2D eigenvalue weighted by atomic mass is 10.1. The number of aromatic nitrogens is 1. The first kappa shape index (κ1) is 14.7. The van der Waals surface area contributed by atoms with Crippen molar-refractivity contribution in [3.63, 3.8) is 0 Å². The minimum Gasteiger partial charge on any atom is -0.312 e. The van der Waals surface area contributed by atoms with Crippen LogP contribution in [0.15, 0.2) is 41.9 Å². The quantitative estimate of drug-likeness (QED) is 0.852. The number of hydrogen-bond donors (Lipinski definition) is 1. The van der Waals surface area contributed by atoms with E-state index in [0.29, 0.717) is 6.04 Å². The highest BCUT2D eigenvalue weighted by atomic mass is 32.1. The molecule has 0 aliphatic carbocycles. The summed E-state index contributed by atoms with van der Waals surface area (Å²) < 4.78 is 0. The van der Waals surface area contributed by atoms with Gasteiger partial charge in [-0.25, -0.2) is 4.98 Å². The lowest BCUT2D eigenvalue weighted by Gasteiger charge is -2.16. The van der Waals surface area contributed by atoms with Crippen LogP contribution in [0.4, 0.5) is 0 Å². The fraction of sp³-hybridized carbons (Fsp3) is 0.471. The second-order valence-corrected chi connectivity index (χ2v) is 6.63. The Kier molecular flexibility index (Phi) is 5.38. The summed E-state index contributed by atoms with van der Waals surface area (Å²) >= 11 is 1.75. The largest absolute Gasteiger partial charge is 0.312 e. The summed E-state index contributed by atoms with van der Waals surface area (Å²) in [7, 11) is 0. The van der Waals surface area contributed by atoms with E-state index in [-0.39, 0.29) is 0 Å². The summed E-state index contributed by atoms with van der Waals surface area (Å²) in [4.78, 5) is 6.90. The van der Waals surface area contributed by atoms with Crippen LogP contribution in [0.1, 0.15) is 17.0 Å². The van der Waals surface area contributed by atoms with Crippen LogP contribution in [-0.4, -0.2) is 42.1 Å². The molecule has 1 saturated heterocycles. The van der Waals surface area contributed by atoms with Gasteiger partial charge >= 0.3 is 0 Å². The van der Waals surface area contributed by atoms with E-state index in [9.17, 15) is 0 Å². The van der Waals surface area contributed by atoms with E-state index in [1.54, 1.807) is 11.3 Å². The number of likely N-dealkylation sites (tertiary alicyclic amines) is 1. The smallest absolute Gasteiger partial charge is 0.0937 e. The van der Waals surface area contributed by atoms with Gasteiger partial charge in [0, 0.05) is 43.7 Å². The lowest BCUT2D eigenvalue weighted by molar-refractivity contribution is 0.332. The van der Waals surface area contributed by atoms with Crippen LogP contribution in [0.2, 0.25) is 0 Å². The Bertz CT molecular complexity index is 512. The van der Waals surface area contributed by atoms with E-state index in [4.69, 9.17) is 0 Å². The summed E-state index contributed by atoms with van der Waals surface area (Å²) in [6.45, 7) is 4.63. The van der Waals surface area contributed by atoms with Crippen molar-refractivity contribution < 1.29 is 0 Å². The van der Waals surface area contributed by atoms with E-state index >= 15 is 0 Å². The summed E-state index contributed by atoms with van der Waals surface area (Å²) in [5, 5.41) is 6.96. The fourth-order valence-electron chi connectivity index (χ4n) is 2.89. The summed E-state index contributed by atoms with van der Waals surface area (Å²) in [5.74, 6) is 0. The van der Waals surface area contributed by atoms with Gasteiger partial charge in [-0.2, -0.15) is 0 Å². The van der Waals surface area contributed by atoms with Crippen LogP contribution in [0.5, 0.6) is 0 Å². The second-order valence-electron chi connectivity index (χ2n) is 5.65. The van der Waals surface area contributed by atoms with Gasteiger partial charge in [-0.3, -0.25) is 0 Å². The van der Waals surface area contributed by atoms with Crippen LogP contribution in [-0.2, 0) is 12.8 Å². The normalized spacial score (nSPS) is 19.1. The zero-order valence-electron chi connectivity index (χ0n) is 12.4. The topological polar surface area (TPSA) is 28.2 Å². The highest BCUT2D eigenvalue weighted by Gasteiger charge is 2.21. The van der Waals surface area contributed by atoms with E-state index in [2.05, 4.69) is 50.9 Å². The average Bonchev–Trinajstić information content (AvgIpc) is 3.18. The molecule has 0 amide bonds. The van der Waals surface area contributed by atoms with Crippen LogP contribution in [0, 0.1) is 0 Å². The molecule has 1 N–H and O–H groups in total. The van der Waals surface area contributed by atoms with Gasteiger partial charge in [-0.1, -0.05) is 30.3 Å². The van der Waals surface area contributed by atoms with Gasteiger partial charge in [0.05, 0.1) is 5.01 Å². The Labute approximate surface area is 131 Å². The molecule has 0 spiro atoms. The first-order valence-electron chi connectivity index (χ1n) is 7.78. The molecule has 3 nitrogen and oxygen atoms in total. The standard InChI is InChI=1S/C17H23N3S/c1-2-4-15(5-3-1)7-11-20-12-8-16(14-20)18-9-6-17-19-10-13-21-17/h1-5,10,13,16,18H,6-9,11-12,14H2. The number of hydrogen-bond acceptors (Lipinski definition) is 4. The Hall–Kier alpha value is -1.23. The molecule has 1 fully saturated rings. The van der Waals surface area contributed by atoms with Crippen molar-refractivity contribution >= 4 is 11.3 Å². The average molecular weight is 301 g/mol. The number of nitrogens with one attached hydrogen (secondary N) is 1. The molecular formula is C17H23N3S. The Morgan fingerprint density at radius 1 is 1.24 bits per heavy atom. The zero-order valence-corrected chi connectivity index (χ0v) is 13.2. The predicted octanol–water partition coefficient (Wildman–Crippen LogP) is 2.59. The molecule has 1 aliphatic heterocycles. The maximum Gasteiger partial charge on any atom is 0.0937 e. The number of benzene rings is 1. The lowest BCUT2D eigenvalue weighted by Crippen LogP contribution is -2.34. The van der Waals surface area contributed by atoms with Crippen molar-refractivity contribution in [3.8, 4) is 0 Å². The van der Waals surface area contributed by atoms with Crippen molar-refractivity contribution in [3.05, 3.63) is 52.5 Å². The predicted molar refractivity (Wildman–Crippen MR) is 88.8 cm³/mol. The molecule has 0 saturated carbocycles. The highest BCUT2D eigenvalue weighted by molar-refractivity contribution is 7.09. The molecule has 2 heterocycles. The third-order valence-corrected chi connectivity index (χ3v) is 4.93. The van der Waals surface area contributed by atoms with E-state index in [1.807, 2.05) is 6.20 Å². The van der Waals surface area contributed by atoms with Gasteiger partial charge in [0.2, 0.25) is 0 Å². The van der Waals surface area contributed by atoms with Crippen molar-refractivity contribution in [1.29, 1.82) is 0 Å². The molecule has 1 aromatic carbocycles. The van der Waals surface area contributed by atoms with Crippen molar-refractivity contribution in [2.24, 2.45) is 0 Å². The Balaban J connectivity index is 1.33. The fourth-order valence-corrected chi connectivity index (χ4v) is 3.51. The SMILES string of the molecule is c1ccc(CCN2CCC(NCCc3nccs3)C2)cc1. The van der Waals surface area contributed by atoms with Crippen molar-refractivity contribution in [1.82, 2.24) is 15.2 Å². The molecule has 4 heteroatoms. The van der Waals surface area contributed by atoms with Gasteiger partial charge in [-0.15, -0.1) is 11.3 Å². The third kappa shape index (κ3) is 4.63. The minimum atomic E-state index is 0.653. The highest BCUT2D eigenvalue weighted by Crippen LogP contribution is 2.11. The molecule has 1 unspecified atom stereocenters. The molecule has 0 radical (unpaired) electrons. The first-order valence-corrected chi connectivity index (χ1v) is 8.66. The van der Waals surface area contributed by atoms with Gasteiger partial charge in [0.15, 0.2) is 0 Å². The number of rotatable bonds is 7. The Morgan fingerprint density at radius 2 is 2.14 bits per heavy atom. The van der Waals surface area contributed by atoms with Crippen molar-refractivity contribution in [2.75, 3.05) is 26.2 Å². The molecule has 1 atom stereocenters. The van der Waals surface area contributed by atoms with Crippen LogP contribution >= 0.6 is 11.3 Å². The summed E-state index contributed by atoms with van der Waals surface area (Å²) in [6.07, 6.45) is 5.37. The van der Waals surface area contributed by atoms with E-state index in [1.165, 1.54) is 36.6 Å². The van der Waals surface area contributed by atoms with Gasteiger partial charge in [0.1, 0.15) is 0 Å². The molecular weight excluding hydrogens is 278 g/mol. The van der Waals surface area contributed by atoms with Crippen molar-refractivity contribution in [2.45, 2.75) is 25.3 Å². The molecule has 112 valence electrons. The van der Waals surface area contributed by atoms with Gasteiger partial charge < -0.3 is 10.2 Å². The summed E-state index contributed by atoms with van der Waals surface area (Å²) in [5.41, 5.74) is 1.44. The first-order chi connectivity index (χ1) is 10.4. The van der Waals surface area contributed by atoms with Gasteiger partial charge in [0.25, 0.3) is 0 Å². The number of nitrogens with zero attached hydrogens (tertiary/aromatic N) is 2. The van der Waals surface area contributed by atoms with Crippen LogP contribution in [0.3, 0.4) is 0 Å². The second kappa shape index (κ2) is 7.69. The van der Waals surface area contributed by atoms with Gasteiger partial charge in [-0.05, 0) is 24.9 Å². The molecule has 2 aromatic rings. The molecule has 21 heavy (non-hydrogen) atoms. The third-order valence-electron chi connectivity index (χ3n) is 4.09. The monoisotopic (exact) mass is 301 g/mol. The molecule has 3 rings (SSSR count). The Morgan fingerprint density at radius 3 is 2.95 bits per heavy atom. The summed E-state index contributed by atoms with van der Waals surface area (Å²) in [6, 6.07) is 11.4. The maximum atomic E-state index is 4.33. The minimum absolute atomic E-state index is 0.653. The molecule has 0 bridgehead atoms. The van der Waals surface area contributed by atoms with Crippen LogP contribution in [0.25, 0.3) is 0 Å². The molecule has 1 aliphatic rings.